The highest BCUT2D eigenvalue weighted by Crippen LogP contribution is 2.58. The third-order valence-electron chi connectivity index (χ3n) is 5.42. The van der Waals surface area contributed by atoms with Gasteiger partial charge in [-0.1, -0.05) is 30.4 Å². The zero-order valence-electron chi connectivity index (χ0n) is 15.7. The summed E-state index contributed by atoms with van der Waals surface area (Å²) in [6.45, 7) is 0. The number of sulfonamides is 1. The summed E-state index contributed by atoms with van der Waals surface area (Å²) in [5.41, 5.74) is -2.40. The first-order valence-corrected chi connectivity index (χ1v) is 10.6. The topological polar surface area (TPSA) is 60.2 Å². The summed E-state index contributed by atoms with van der Waals surface area (Å²) < 4.78 is 102. The standard InChI is InChI=1S/C21H15F6NO2S/c22-20(23,24)17-6-3-13(9-18(17)21(25,26)27)16-11-19(7-8-19)10-15(16)12-1-4-14(5-2-12)31(28,29)30/h1-6,9-11H,7-8H2,(H2,28,29,30). The fraction of sp³-hybridized carbons (Fsp3) is 0.238. The zero-order chi connectivity index (χ0) is 22.8. The molecule has 0 atom stereocenters. The lowest BCUT2D eigenvalue weighted by Crippen LogP contribution is -2.16. The van der Waals surface area contributed by atoms with E-state index in [1.165, 1.54) is 24.3 Å². The van der Waals surface area contributed by atoms with Gasteiger partial charge >= 0.3 is 12.4 Å². The van der Waals surface area contributed by atoms with Crippen LogP contribution in [0.4, 0.5) is 26.3 Å². The smallest absolute Gasteiger partial charge is 0.225 e. The van der Waals surface area contributed by atoms with Gasteiger partial charge in [0.25, 0.3) is 0 Å². The van der Waals surface area contributed by atoms with E-state index >= 15 is 0 Å². The molecule has 2 N–H and O–H groups in total. The second-order valence-electron chi connectivity index (χ2n) is 7.67. The first kappa shape index (κ1) is 21.6. The van der Waals surface area contributed by atoms with Crippen molar-refractivity contribution in [1.82, 2.24) is 0 Å². The van der Waals surface area contributed by atoms with Crippen LogP contribution in [-0.4, -0.2) is 8.42 Å². The van der Waals surface area contributed by atoms with Crippen LogP contribution in [0.1, 0.15) is 35.1 Å². The summed E-state index contributed by atoms with van der Waals surface area (Å²) in [6.07, 6.45) is -5.17. The Balaban J connectivity index is 1.81. The first-order valence-electron chi connectivity index (χ1n) is 9.08. The van der Waals surface area contributed by atoms with Crippen molar-refractivity contribution in [3.8, 4) is 0 Å². The third-order valence-corrected chi connectivity index (χ3v) is 6.35. The minimum Gasteiger partial charge on any atom is -0.225 e. The van der Waals surface area contributed by atoms with Crippen LogP contribution in [0.5, 0.6) is 0 Å². The molecule has 0 unspecified atom stereocenters. The van der Waals surface area contributed by atoms with Gasteiger partial charge in [-0.2, -0.15) is 26.3 Å². The third kappa shape index (κ3) is 4.14. The molecule has 1 saturated carbocycles. The van der Waals surface area contributed by atoms with Crippen LogP contribution in [0.3, 0.4) is 0 Å². The molecule has 0 aliphatic heterocycles. The van der Waals surface area contributed by atoms with E-state index < -0.39 is 33.5 Å². The number of rotatable bonds is 3. The van der Waals surface area contributed by atoms with Crippen molar-refractivity contribution in [3.63, 3.8) is 0 Å². The molecular weight excluding hydrogens is 444 g/mol. The Morgan fingerprint density at radius 1 is 0.742 bits per heavy atom. The van der Waals surface area contributed by atoms with E-state index in [-0.39, 0.29) is 15.9 Å². The van der Waals surface area contributed by atoms with Crippen LogP contribution in [0, 0.1) is 5.41 Å². The zero-order valence-corrected chi connectivity index (χ0v) is 16.5. The number of benzene rings is 2. The maximum absolute atomic E-state index is 13.4. The molecule has 2 aliphatic carbocycles. The summed E-state index contributed by atoms with van der Waals surface area (Å²) in [5, 5.41) is 5.09. The maximum atomic E-state index is 13.4. The summed E-state index contributed by atoms with van der Waals surface area (Å²) in [4.78, 5) is -0.129. The Morgan fingerprint density at radius 3 is 1.68 bits per heavy atom. The minimum atomic E-state index is -5.18. The van der Waals surface area contributed by atoms with Crippen LogP contribution in [-0.2, 0) is 22.4 Å². The molecule has 2 aromatic carbocycles. The van der Waals surface area contributed by atoms with Gasteiger partial charge in [-0.15, -0.1) is 0 Å². The number of alkyl halides is 6. The fourth-order valence-electron chi connectivity index (χ4n) is 3.70. The molecule has 0 saturated heterocycles. The molecule has 1 fully saturated rings. The van der Waals surface area contributed by atoms with Gasteiger partial charge < -0.3 is 0 Å². The lowest BCUT2D eigenvalue weighted by atomic mass is 9.92. The molecule has 2 aliphatic rings. The van der Waals surface area contributed by atoms with Crippen molar-refractivity contribution in [2.45, 2.75) is 30.1 Å². The number of hydrogen-bond acceptors (Lipinski definition) is 2. The average Bonchev–Trinajstić information content (AvgIpc) is 3.29. The van der Waals surface area contributed by atoms with E-state index in [2.05, 4.69) is 0 Å². The number of halogens is 6. The predicted octanol–water partition coefficient (Wildman–Crippen LogP) is 5.63. The first-order chi connectivity index (χ1) is 14.2. The van der Waals surface area contributed by atoms with Gasteiger partial charge in [-0.05, 0) is 59.4 Å². The van der Waals surface area contributed by atoms with Gasteiger partial charge in [0, 0.05) is 5.41 Å². The molecule has 31 heavy (non-hydrogen) atoms. The van der Waals surface area contributed by atoms with Gasteiger partial charge in [0.1, 0.15) is 0 Å². The van der Waals surface area contributed by atoms with Gasteiger partial charge in [0.2, 0.25) is 10.0 Å². The Labute approximate surface area is 173 Å². The molecule has 0 aromatic heterocycles. The fourth-order valence-corrected chi connectivity index (χ4v) is 4.22. The van der Waals surface area contributed by atoms with Gasteiger partial charge in [0.05, 0.1) is 16.0 Å². The SMILES string of the molecule is NS(=O)(=O)c1ccc(C2=CC3(C=C2c2ccc(C(F)(F)F)c(C(F)(F)F)c2)CC3)cc1. The normalized spacial score (nSPS) is 18.2. The molecule has 2 aromatic rings. The molecule has 3 nitrogen and oxygen atoms in total. The van der Waals surface area contributed by atoms with Crippen LogP contribution in [0.25, 0.3) is 11.1 Å². The molecule has 4 rings (SSSR count). The molecule has 1 spiro atoms. The minimum absolute atomic E-state index is 0.00544. The molecule has 0 radical (unpaired) electrons. The van der Waals surface area contributed by atoms with E-state index in [0.29, 0.717) is 28.8 Å². The number of allylic oxidation sites excluding steroid dienone is 4. The van der Waals surface area contributed by atoms with Gasteiger partial charge in [0.15, 0.2) is 0 Å². The van der Waals surface area contributed by atoms with E-state index in [1.54, 1.807) is 6.08 Å². The van der Waals surface area contributed by atoms with E-state index in [4.69, 9.17) is 5.14 Å². The number of hydrogen-bond donors (Lipinski definition) is 1. The molecule has 0 bridgehead atoms. The van der Waals surface area contributed by atoms with Gasteiger partial charge in [-0.3, -0.25) is 0 Å². The molecular formula is C21H15F6NO2S. The van der Waals surface area contributed by atoms with Crippen LogP contribution in [0.2, 0.25) is 0 Å². The van der Waals surface area contributed by atoms with Crippen molar-refractivity contribution >= 4 is 21.2 Å². The maximum Gasteiger partial charge on any atom is 0.417 e. The Morgan fingerprint density at radius 2 is 1.23 bits per heavy atom. The van der Waals surface area contributed by atoms with Gasteiger partial charge in [-0.25, -0.2) is 13.6 Å². The lowest BCUT2D eigenvalue weighted by molar-refractivity contribution is -0.162. The summed E-state index contributed by atoms with van der Waals surface area (Å²) in [7, 11) is -3.93. The lowest BCUT2D eigenvalue weighted by Gasteiger charge is -2.18. The molecule has 10 heteroatoms. The Hall–Kier alpha value is -2.59. The molecule has 164 valence electrons. The highest BCUT2D eigenvalue weighted by molar-refractivity contribution is 7.89. The number of nitrogens with two attached hydrogens (primary N) is 1. The number of primary sulfonamides is 1. The largest absolute Gasteiger partial charge is 0.417 e. The van der Waals surface area contributed by atoms with E-state index in [0.717, 1.165) is 18.9 Å². The second kappa shape index (κ2) is 6.70. The Kier molecular flexibility index (Phi) is 4.68. The molecule has 0 heterocycles. The van der Waals surface area contributed by atoms with Crippen LogP contribution >= 0.6 is 0 Å². The van der Waals surface area contributed by atoms with E-state index in [1.807, 2.05) is 6.08 Å². The highest BCUT2D eigenvalue weighted by atomic mass is 32.2. The van der Waals surface area contributed by atoms with Crippen LogP contribution < -0.4 is 5.14 Å². The van der Waals surface area contributed by atoms with Crippen molar-refractivity contribution in [2.24, 2.45) is 10.6 Å². The molecule has 0 amide bonds. The van der Waals surface area contributed by atoms with Crippen molar-refractivity contribution < 1.29 is 34.8 Å². The summed E-state index contributed by atoms with van der Waals surface area (Å²) in [6, 6.07) is 7.47. The second-order valence-corrected chi connectivity index (χ2v) is 9.24. The highest BCUT2D eigenvalue weighted by Gasteiger charge is 2.45. The van der Waals surface area contributed by atoms with Crippen molar-refractivity contribution in [3.05, 3.63) is 76.9 Å². The Bertz CT molecular complexity index is 1220. The quantitative estimate of drug-likeness (QED) is 0.605. The van der Waals surface area contributed by atoms with Crippen LogP contribution in [0.15, 0.2) is 59.5 Å². The predicted molar refractivity (Wildman–Crippen MR) is 102 cm³/mol. The summed E-state index contributed by atoms with van der Waals surface area (Å²) >= 11 is 0. The van der Waals surface area contributed by atoms with E-state index in [9.17, 15) is 34.8 Å². The van der Waals surface area contributed by atoms with Crippen molar-refractivity contribution in [2.75, 3.05) is 0 Å². The monoisotopic (exact) mass is 459 g/mol. The van der Waals surface area contributed by atoms with Crippen molar-refractivity contribution in [1.29, 1.82) is 0 Å². The average molecular weight is 459 g/mol. The summed E-state index contributed by atoms with van der Waals surface area (Å²) in [5.74, 6) is 0.